The van der Waals surface area contributed by atoms with Crippen molar-refractivity contribution in [3.05, 3.63) is 161 Å². The number of anilines is 2. The normalized spacial score (nSPS) is 11.3. The minimum Gasteiger partial charge on any atom is -0.492 e. The highest BCUT2D eigenvalue weighted by Crippen LogP contribution is 2.24. The van der Waals surface area contributed by atoms with Gasteiger partial charge in [-0.05, 0) is 60.5 Å². The summed E-state index contributed by atoms with van der Waals surface area (Å²) in [5, 5.41) is 13.1. The van der Waals surface area contributed by atoms with E-state index in [4.69, 9.17) is 4.74 Å². The van der Waals surface area contributed by atoms with Crippen molar-refractivity contribution in [2.45, 2.75) is 19.4 Å². The molecule has 0 spiro atoms. The topological polar surface area (TPSA) is 95.9 Å². The fraction of sp³-hybridized carbons (Fsp3) is 0.132. The van der Waals surface area contributed by atoms with Crippen LogP contribution in [0.3, 0.4) is 0 Å². The molecular weight excluding hydrogens is 564 g/mol. The molecule has 5 aromatic rings. The maximum atomic E-state index is 13.4. The van der Waals surface area contributed by atoms with E-state index in [1.165, 1.54) is 0 Å². The molecule has 2 N–H and O–H groups in total. The minimum atomic E-state index is -1.03. The lowest BCUT2D eigenvalue weighted by atomic mass is 10.00. The van der Waals surface area contributed by atoms with Crippen LogP contribution in [0.2, 0.25) is 0 Å². The number of carboxylic acid groups (broad SMARTS) is 1. The van der Waals surface area contributed by atoms with E-state index < -0.39 is 12.0 Å². The highest BCUT2D eigenvalue weighted by molar-refractivity contribution is 6.12. The molecular formula is C38H34N2O5. The van der Waals surface area contributed by atoms with Crippen molar-refractivity contribution in [1.29, 1.82) is 0 Å². The first-order chi connectivity index (χ1) is 21.9. The number of hydrogen-bond acceptors (Lipinski definition) is 5. The Hall–Kier alpha value is -5.69. The molecule has 0 aromatic heterocycles. The number of ketones is 1. The van der Waals surface area contributed by atoms with E-state index in [1.54, 1.807) is 77.7 Å². The van der Waals surface area contributed by atoms with Crippen LogP contribution in [-0.4, -0.2) is 42.0 Å². The lowest BCUT2D eigenvalue weighted by Gasteiger charge is -2.25. The number of hydrogen-bond donors (Lipinski definition) is 2. The molecule has 1 unspecified atom stereocenters. The number of carbonyl (C=O) groups excluding carboxylic acids is 2. The van der Waals surface area contributed by atoms with Crippen LogP contribution in [0.4, 0.5) is 11.4 Å². The van der Waals surface area contributed by atoms with Crippen LogP contribution in [0.25, 0.3) is 0 Å². The van der Waals surface area contributed by atoms with Gasteiger partial charge in [-0.1, -0.05) is 91.0 Å². The van der Waals surface area contributed by atoms with Gasteiger partial charge in [-0.2, -0.15) is 0 Å². The Balaban J connectivity index is 1.23. The van der Waals surface area contributed by atoms with Crippen LogP contribution < -0.4 is 15.0 Å². The number of nitrogens with zero attached hydrogens (tertiary/aromatic N) is 1. The van der Waals surface area contributed by atoms with Gasteiger partial charge >= 0.3 is 5.97 Å². The summed E-state index contributed by atoms with van der Waals surface area (Å²) < 4.78 is 6.01. The molecule has 0 radical (unpaired) electrons. The second-order valence-electron chi connectivity index (χ2n) is 10.6. The van der Waals surface area contributed by atoms with Crippen LogP contribution >= 0.6 is 0 Å². The molecule has 1 amide bonds. The van der Waals surface area contributed by atoms with Crippen LogP contribution in [0, 0.1) is 6.92 Å². The third kappa shape index (κ3) is 7.83. The molecule has 0 aliphatic carbocycles. The van der Waals surface area contributed by atoms with Gasteiger partial charge in [0.2, 0.25) is 0 Å². The van der Waals surface area contributed by atoms with Crippen molar-refractivity contribution >= 4 is 29.0 Å². The molecule has 0 saturated carbocycles. The number of ether oxygens (including phenoxy) is 1. The average molecular weight is 599 g/mol. The van der Waals surface area contributed by atoms with E-state index in [1.807, 2.05) is 67.6 Å². The Morgan fingerprint density at radius 2 is 1.33 bits per heavy atom. The predicted octanol–water partition coefficient (Wildman–Crippen LogP) is 7.06. The van der Waals surface area contributed by atoms with Crippen LogP contribution in [0.15, 0.2) is 133 Å². The maximum absolute atomic E-state index is 13.4. The molecule has 0 aliphatic rings. The number of carbonyl (C=O) groups is 3. The summed E-state index contributed by atoms with van der Waals surface area (Å²) in [6.45, 7) is 2.57. The number of rotatable bonds is 13. The summed E-state index contributed by atoms with van der Waals surface area (Å²) in [5.41, 5.74) is 4.59. The first kappa shape index (κ1) is 30.8. The summed E-state index contributed by atoms with van der Waals surface area (Å²) in [5.74, 6) is -0.718. The molecule has 5 aromatic carbocycles. The van der Waals surface area contributed by atoms with E-state index in [-0.39, 0.29) is 24.7 Å². The van der Waals surface area contributed by atoms with E-state index >= 15 is 0 Å². The van der Waals surface area contributed by atoms with Gasteiger partial charge in [-0.15, -0.1) is 0 Å². The van der Waals surface area contributed by atoms with Crippen LogP contribution in [0.1, 0.15) is 37.4 Å². The van der Waals surface area contributed by atoms with Gasteiger partial charge in [0.15, 0.2) is 5.78 Å². The highest BCUT2D eigenvalue weighted by Gasteiger charge is 2.22. The van der Waals surface area contributed by atoms with Gasteiger partial charge in [0, 0.05) is 34.5 Å². The zero-order chi connectivity index (χ0) is 31.6. The van der Waals surface area contributed by atoms with Crippen molar-refractivity contribution in [2.24, 2.45) is 0 Å². The van der Waals surface area contributed by atoms with Gasteiger partial charge < -0.3 is 20.1 Å². The third-order valence-electron chi connectivity index (χ3n) is 7.45. The summed E-state index contributed by atoms with van der Waals surface area (Å²) in [6.07, 6.45) is 0.191. The molecule has 0 bridgehead atoms. The van der Waals surface area contributed by atoms with E-state index in [0.29, 0.717) is 34.7 Å². The molecule has 0 fully saturated rings. The Morgan fingerprint density at radius 1 is 0.733 bits per heavy atom. The number of aliphatic carboxylic acids is 1. The molecule has 1 atom stereocenters. The van der Waals surface area contributed by atoms with Gasteiger partial charge in [0.05, 0.1) is 6.54 Å². The summed E-state index contributed by atoms with van der Waals surface area (Å²) in [7, 11) is 0. The Morgan fingerprint density at radius 3 is 2.00 bits per heavy atom. The fourth-order valence-electron chi connectivity index (χ4n) is 5.09. The van der Waals surface area contributed by atoms with Gasteiger partial charge in [-0.3, -0.25) is 9.59 Å². The second-order valence-corrected chi connectivity index (χ2v) is 10.6. The fourth-order valence-corrected chi connectivity index (χ4v) is 5.09. The Labute approximate surface area is 262 Å². The number of amides is 1. The average Bonchev–Trinajstić information content (AvgIpc) is 3.08. The zero-order valence-corrected chi connectivity index (χ0v) is 24.9. The van der Waals surface area contributed by atoms with Crippen LogP contribution in [0.5, 0.6) is 5.75 Å². The maximum Gasteiger partial charge on any atom is 0.326 e. The standard InChI is InChI=1S/C38H34N2O5/c1-27-12-8-11-19-35(27)40(37(42)30-15-6-3-7-16-30)24-25-45-31-22-20-28(21-23-31)26-34(38(43)44)39-33-18-10-9-17-32(33)36(41)29-13-4-2-5-14-29/h2-23,34,39H,24-26H2,1H3,(H,43,44). The number of aryl methyl sites for hydroxylation is 1. The summed E-state index contributed by atoms with van der Waals surface area (Å²) in [6, 6.07) is 39.0. The Kier molecular flexibility index (Phi) is 10.0. The van der Waals surface area contributed by atoms with Crippen molar-refractivity contribution in [3.63, 3.8) is 0 Å². The SMILES string of the molecule is Cc1ccccc1N(CCOc1ccc(CC(Nc2ccccc2C(=O)c2ccccc2)C(=O)O)cc1)C(=O)c1ccccc1. The highest BCUT2D eigenvalue weighted by atomic mass is 16.5. The molecule has 7 heteroatoms. The first-order valence-electron chi connectivity index (χ1n) is 14.7. The summed E-state index contributed by atoms with van der Waals surface area (Å²) >= 11 is 0. The van der Waals surface area contributed by atoms with Crippen LogP contribution in [-0.2, 0) is 11.2 Å². The monoisotopic (exact) mass is 598 g/mol. The minimum absolute atomic E-state index is 0.108. The summed E-state index contributed by atoms with van der Waals surface area (Å²) in [4.78, 5) is 40.5. The molecule has 5 rings (SSSR count). The predicted molar refractivity (Wildman–Crippen MR) is 176 cm³/mol. The van der Waals surface area contributed by atoms with E-state index in [9.17, 15) is 19.5 Å². The van der Waals surface area contributed by atoms with Gasteiger partial charge in [0.25, 0.3) is 5.91 Å². The molecule has 226 valence electrons. The largest absolute Gasteiger partial charge is 0.492 e. The lowest BCUT2D eigenvalue weighted by Crippen LogP contribution is -2.35. The van der Waals surface area contributed by atoms with Crippen molar-refractivity contribution in [1.82, 2.24) is 0 Å². The third-order valence-corrected chi connectivity index (χ3v) is 7.45. The molecule has 45 heavy (non-hydrogen) atoms. The quantitative estimate of drug-likeness (QED) is 0.141. The van der Waals surface area contributed by atoms with Gasteiger partial charge in [0.1, 0.15) is 18.4 Å². The smallest absolute Gasteiger partial charge is 0.326 e. The Bertz CT molecular complexity index is 1750. The van der Waals surface area contributed by atoms with E-state index in [0.717, 1.165) is 16.8 Å². The molecule has 0 saturated heterocycles. The first-order valence-corrected chi connectivity index (χ1v) is 14.7. The molecule has 0 heterocycles. The number of para-hydroxylation sites is 2. The number of nitrogens with one attached hydrogen (secondary N) is 1. The lowest BCUT2D eigenvalue weighted by molar-refractivity contribution is -0.137. The van der Waals surface area contributed by atoms with Crippen molar-refractivity contribution < 1.29 is 24.2 Å². The van der Waals surface area contributed by atoms with E-state index in [2.05, 4.69) is 5.32 Å². The van der Waals surface area contributed by atoms with Gasteiger partial charge in [-0.25, -0.2) is 4.79 Å². The molecule has 0 aliphatic heterocycles. The number of carboxylic acids is 1. The number of benzene rings is 5. The second kappa shape index (κ2) is 14.7. The van der Waals surface area contributed by atoms with Crippen molar-refractivity contribution in [3.8, 4) is 5.75 Å². The molecule has 7 nitrogen and oxygen atoms in total. The van der Waals surface area contributed by atoms with Crippen molar-refractivity contribution in [2.75, 3.05) is 23.4 Å². The zero-order valence-electron chi connectivity index (χ0n) is 24.9.